The largest absolute Gasteiger partial charge is 0.384 e. The van der Waals surface area contributed by atoms with Crippen LogP contribution in [-0.4, -0.2) is 71.6 Å². The number of carbonyl (C=O) groups is 1. The van der Waals surface area contributed by atoms with Crippen LogP contribution >= 0.6 is 0 Å². The molecule has 1 amide bonds. The Kier molecular flexibility index (Phi) is 3.91. The average molecular weight is 290 g/mol. The SMILES string of the molecule is COC[C@H]1CCN(C)C2(C1)CN(C(=O)c1cnccn1)C2. The minimum absolute atomic E-state index is 0.0176. The van der Waals surface area contributed by atoms with Crippen molar-refractivity contribution in [3.63, 3.8) is 0 Å². The number of aromatic nitrogens is 2. The molecule has 1 aromatic heterocycles. The summed E-state index contributed by atoms with van der Waals surface area (Å²) < 4.78 is 5.30. The van der Waals surface area contributed by atoms with Crippen molar-refractivity contribution < 1.29 is 9.53 Å². The molecule has 114 valence electrons. The molecule has 3 heterocycles. The van der Waals surface area contributed by atoms with Gasteiger partial charge in [-0.05, 0) is 32.4 Å². The van der Waals surface area contributed by atoms with Gasteiger partial charge in [0.2, 0.25) is 0 Å². The molecule has 0 aliphatic carbocycles. The van der Waals surface area contributed by atoms with Gasteiger partial charge in [-0.2, -0.15) is 0 Å². The number of piperidine rings is 1. The Balaban J connectivity index is 1.64. The molecule has 2 fully saturated rings. The summed E-state index contributed by atoms with van der Waals surface area (Å²) in [5.74, 6) is 0.580. The van der Waals surface area contributed by atoms with E-state index < -0.39 is 0 Å². The van der Waals surface area contributed by atoms with Gasteiger partial charge in [0.05, 0.1) is 11.7 Å². The van der Waals surface area contributed by atoms with Crippen LogP contribution in [0.2, 0.25) is 0 Å². The van der Waals surface area contributed by atoms with E-state index in [1.54, 1.807) is 19.5 Å². The number of amides is 1. The topological polar surface area (TPSA) is 58.6 Å². The second-order valence-electron chi connectivity index (χ2n) is 6.21. The van der Waals surface area contributed by atoms with E-state index in [4.69, 9.17) is 4.74 Å². The van der Waals surface area contributed by atoms with E-state index in [2.05, 4.69) is 21.9 Å². The number of rotatable bonds is 3. The zero-order chi connectivity index (χ0) is 14.9. The molecule has 1 spiro atoms. The summed E-state index contributed by atoms with van der Waals surface area (Å²) in [4.78, 5) is 24.7. The van der Waals surface area contributed by atoms with Crippen molar-refractivity contribution in [2.45, 2.75) is 18.4 Å². The van der Waals surface area contributed by atoms with E-state index in [1.165, 1.54) is 12.6 Å². The van der Waals surface area contributed by atoms with Crippen LogP contribution in [-0.2, 0) is 4.74 Å². The maximum absolute atomic E-state index is 12.3. The highest BCUT2D eigenvalue weighted by atomic mass is 16.5. The summed E-state index contributed by atoms with van der Waals surface area (Å²) in [6, 6.07) is 0. The molecule has 0 N–H and O–H groups in total. The summed E-state index contributed by atoms with van der Waals surface area (Å²) in [7, 11) is 3.92. The van der Waals surface area contributed by atoms with Crippen LogP contribution < -0.4 is 0 Å². The van der Waals surface area contributed by atoms with Crippen LogP contribution in [0.5, 0.6) is 0 Å². The Bertz CT molecular complexity index is 502. The fourth-order valence-corrected chi connectivity index (χ4v) is 3.54. The highest BCUT2D eigenvalue weighted by Crippen LogP contribution is 2.38. The lowest BCUT2D eigenvalue weighted by Gasteiger charge is -2.58. The Morgan fingerprint density at radius 1 is 1.48 bits per heavy atom. The molecule has 6 heteroatoms. The maximum Gasteiger partial charge on any atom is 0.274 e. The van der Waals surface area contributed by atoms with E-state index >= 15 is 0 Å². The number of nitrogens with zero attached hydrogens (tertiary/aromatic N) is 4. The molecule has 0 unspecified atom stereocenters. The average Bonchev–Trinajstić information content (AvgIpc) is 2.47. The molecule has 0 aromatic carbocycles. The van der Waals surface area contributed by atoms with Gasteiger partial charge in [-0.3, -0.25) is 14.7 Å². The van der Waals surface area contributed by atoms with Crippen molar-refractivity contribution in [3.05, 3.63) is 24.3 Å². The molecule has 2 saturated heterocycles. The first kappa shape index (κ1) is 14.4. The number of hydrogen-bond donors (Lipinski definition) is 0. The fraction of sp³-hybridized carbons (Fsp3) is 0.667. The summed E-state index contributed by atoms with van der Waals surface area (Å²) >= 11 is 0. The highest BCUT2D eigenvalue weighted by Gasteiger charge is 2.51. The van der Waals surface area contributed by atoms with Gasteiger partial charge < -0.3 is 9.64 Å². The van der Waals surface area contributed by atoms with Gasteiger partial charge in [-0.25, -0.2) is 4.98 Å². The molecular formula is C15H22N4O2. The van der Waals surface area contributed by atoms with Crippen LogP contribution in [0.15, 0.2) is 18.6 Å². The maximum atomic E-state index is 12.3. The zero-order valence-corrected chi connectivity index (χ0v) is 12.7. The van der Waals surface area contributed by atoms with Crippen molar-refractivity contribution in [3.8, 4) is 0 Å². The molecule has 0 radical (unpaired) electrons. The van der Waals surface area contributed by atoms with Crippen LogP contribution in [0.3, 0.4) is 0 Å². The van der Waals surface area contributed by atoms with Crippen molar-refractivity contribution >= 4 is 5.91 Å². The van der Waals surface area contributed by atoms with Crippen LogP contribution in [0.4, 0.5) is 0 Å². The molecule has 21 heavy (non-hydrogen) atoms. The monoisotopic (exact) mass is 290 g/mol. The first-order valence-electron chi connectivity index (χ1n) is 7.40. The smallest absolute Gasteiger partial charge is 0.274 e. The summed E-state index contributed by atoms with van der Waals surface area (Å²) in [5, 5.41) is 0. The van der Waals surface area contributed by atoms with E-state index in [-0.39, 0.29) is 11.4 Å². The van der Waals surface area contributed by atoms with Crippen LogP contribution in [0.1, 0.15) is 23.3 Å². The second kappa shape index (κ2) is 5.69. The molecule has 3 rings (SSSR count). The number of hydrogen-bond acceptors (Lipinski definition) is 5. The predicted octanol–water partition coefficient (Wildman–Crippen LogP) is 0.659. The minimum Gasteiger partial charge on any atom is -0.384 e. The van der Waals surface area contributed by atoms with Gasteiger partial charge in [0, 0.05) is 39.2 Å². The number of carbonyl (C=O) groups excluding carboxylic acids is 1. The van der Waals surface area contributed by atoms with E-state index in [1.807, 2.05) is 4.90 Å². The van der Waals surface area contributed by atoms with E-state index in [0.29, 0.717) is 11.6 Å². The van der Waals surface area contributed by atoms with Gasteiger partial charge in [-0.15, -0.1) is 0 Å². The lowest BCUT2D eigenvalue weighted by molar-refractivity contribution is -0.0732. The fourth-order valence-electron chi connectivity index (χ4n) is 3.54. The third-order valence-electron chi connectivity index (χ3n) is 4.79. The van der Waals surface area contributed by atoms with Gasteiger partial charge in [0.1, 0.15) is 5.69 Å². The van der Waals surface area contributed by atoms with E-state index in [0.717, 1.165) is 32.7 Å². The number of ether oxygens (including phenoxy) is 1. The second-order valence-corrected chi connectivity index (χ2v) is 6.21. The van der Waals surface area contributed by atoms with Crippen molar-refractivity contribution in [2.75, 3.05) is 40.4 Å². The van der Waals surface area contributed by atoms with Crippen molar-refractivity contribution in [1.29, 1.82) is 0 Å². The van der Waals surface area contributed by atoms with E-state index in [9.17, 15) is 4.79 Å². The first-order valence-corrected chi connectivity index (χ1v) is 7.40. The Labute approximate surface area is 125 Å². The van der Waals surface area contributed by atoms with Crippen molar-refractivity contribution in [2.24, 2.45) is 5.92 Å². The Hall–Kier alpha value is -1.53. The predicted molar refractivity (Wildman–Crippen MR) is 77.9 cm³/mol. The molecule has 2 aliphatic heterocycles. The lowest BCUT2D eigenvalue weighted by Crippen LogP contribution is -2.72. The summed E-state index contributed by atoms with van der Waals surface area (Å²) in [6.45, 7) is 3.44. The molecule has 0 bridgehead atoms. The summed E-state index contributed by atoms with van der Waals surface area (Å²) in [6.07, 6.45) is 6.94. The number of likely N-dealkylation sites (tertiary alicyclic amines) is 2. The minimum atomic E-state index is -0.0176. The molecular weight excluding hydrogens is 268 g/mol. The van der Waals surface area contributed by atoms with Gasteiger partial charge in [-0.1, -0.05) is 0 Å². The standard InChI is InChI=1S/C15H22N4O2/c1-18-6-3-12(9-21-2)7-15(18)10-19(11-15)14(20)13-8-16-4-5-17-13/h4-5,8,12H,3,6-7,9-11H2,1-2H3/t12-/m0/s1. The van der Waals surface area contributed by atoms with Crippen molar-refractivity contribution in [1.82, 2.24) is 19.8 Å². The molecule has 1 atom stereocenters. The Morgan fingerprint density at radius 2 is 2.29 bits per heavy atom. The quantitative estimate of drug-likeness (QED) is 0.818. The van der Waals surface area contributed by atoms with Gasteiger partial charge in [0.25, 0.3) is 5.91 Å². The zero-order valence-electron chi connectivity index (χ0n) is 12.7. The normalized spacial score (nSPS) is 24.9. The highest BCUT2D eigenvalue weighted by molar-refractivity contribution is 5.92. The number of methoxy groups -OCH3 is 1. The first-order chi connectivity index (χ1) is 10.1. The summed E-state index contributed by atoms with van der Waals surface area (Å²) in [5.41, 5.74) is 0.554. The van der Waals surface area contributed by atoms with Gasteiger partial charge in [0.15, 0.2) is 0 Å². The molecule has 1 aromatic rings. The Morgan fingerprint density at radius 3 is 2.95 bits per heavy atom. The molecule has 2 aliphatic rings. The van der Waals surface area contributed by atoms with Gasteiger partial charge >= 0.3 is 0 Å². The third kappa shape index (κ3) is 2.65. The van der Waals surface area contributed by atoms with Crippen LogP contribution in [0.25, 0.3) is 0 Å². The lowest BCUT2D eigenvalue weighted by atomic mass is 9.75. The molecule has 6 nitrogen and oxygen atoms in total. The molecule has 0 saturated carbocycles. The third-order valence-corrected chi connectivity index (χ3v) is 4.79. The number of likely N-dealkylation sites (N-methyl/N-ethyl adjacent to an activating group) is 1. The van der Waals surface area contributed by atoms with Crippen LogP contribution in [0, 0.1) is 5.92 Å².